The summed E-state index contributed by atoms with van der Waals surface area (Å²) < 4.78 is 0. The molecule has 21 heavy (non-hydrogen) atoms. The minimum Gasteiger partial charge on any atom is -0.370 e. The lowest BCUT2D eigenvalue weighted by Crippen LogP contribution is -2.30. The van der Waals surface area contributed by atoms with Gasteiger partial charge in [0.05, 0.1) is 5.69 Å². The first-order valence-electron chi connectivity index (χ1n) is 7.76. The van der Waals surface area contributed by atoms with Crippen molar-refractivity contribution >= 4 is 5.69 Å². The zero-order valence-electron chi connectivity index (χ0n) is 12.7. The minimum atomic E-state index is 0.968. The van der Waals surface area contributed by atoms with E-state index >= 15 is 0 Å². The van der Waals surface area contributed by atoms with E-state index < -0.39 is 0 Å². The molecule has 0 atom stereocenters. The van der Waals surface area contributed by atoms with E-state index in [1.807, 2.05) is 12.3 Å². The summed E-state index contributed by atoms with van der Waals surface area (Å²) in [5, 5.41) is 0. The Bertz CT molecular complexity index is 568. The third kappa shape index (κ3) is 3.61. The van der Waals surface area contributed by atoms with E-state index in [-0.39, 0.29) is 0 Å². The molecule has 3 rings (SSSR count). The highest BCUT2D eigenvalue weighted by Crippen LogP contribution is 2.17. The second kappa shape index (κ2) is 6.72. The molecule has 3 nitrogen and oxygen atoms in total. The van der Waals surface area contributed by atoms with Gasteiger partial charge in [-0.3, -0.25) is 9.88 Å². The number of anilines is 1. The SMILES string of the molecule is Cc1cccnc1CN1CCCN(c2ccccc2)CC1. The van der Waals surface area contributed by atoms with Crippen molar-refractivity contribution in [1.29, 1.82) is 0 Å². The molecule has 1 aliphatic rings. The Balaban J connectivity index is 1.62. The summed E-state index contributed by atoms with van der Waals surface area (Å²) in [4.78, 5) is 9.54. The molecule has 0 aliphatic carbocycles. The maximum Gasteiger partial charge on any atom is 0.0573 e. The topological polar surface area (TPSA) is 19.4 Å². The van der Waals surface area contributed by atoms with Gasteiger partial charge in [0.1, 0.15) is 0 Å². The number of aryl methyl sites for hydroxylation is 1. The van der Waals surface area contributed by atoms with Crippen LogP contribution in [0.2, 0.25) is 0 Å². The maximum atomic E-state index is 4.52. The molecule has 0 spiro atoms. The first-order valence-corrected chi connectivity index (χ1v) is 7.76. The van der Waals surface area contributed by atoms with Crippen molar-refractivity contribution in [1.82, 2.24) is 9.88 Å². The molecule has 110 valence electrons. The Kier molecular flexibility index (Phi) is 4.51. The molecule has 0 N–H and O–H groups in total. The van der Waals surface area contributed by atoms with Crippen LogP contribution < -0.4 is 4.90 Å². The molecule has 1 aliphatic heterocycles. The smallest absolute Gasteiger partial charge is 0.0573 e. The molecule has 1 aromatic heterocycles. The van der Waals surface area contributed by atoms with Crippen LogP contribution in [0.15, 0.2) is 48.7 Å². The zero-order chi connectivity index (χ0) is 14.5. The van der Waals surface area contributed by atoms with Crippen molar-refractivity contribution in [3.05, 3.63) is 59.9 Å². The second-order valence-corrected chi connectivity index (χ2v) is 5.72. The second-order valence-electron chi connectivity index (χ2n) is 5.72. The summed E-state index contributed by atoms with van der Waals surface area (Å²) in [6, 6.07) is 14.9. The van der Waals surface area contributed by atoms with Gasteiger partial charge in [0.25, 0.3) is 0 Å². The van der Waals surface area contributed by atoms with Crippen molar-refractivity contribution < 1.29 is 0 Å². The monoisotopic (exact) mass is 281 g/mol. The van der Waals surface area contributed by atoms with Crippen LogP contribution in [0.5, 0.6) is 0 Å². The molecule has 2 heterocycles. The van der Waals surface area contributed by atoms with E-state index in [2.05, 4.69) is 58.1 Å². The fourth-order valence-corrected chi connectivity index (χ4v) is 2.92. The molecule has 0 radical (unpaired) electrons. The highest BCUT2D eigenvalue weighted by atomic mass is 15.2. The normalized spacial score (nSPS) is 16.7. The molecule has 0 bridgehead atoms. The quantitative estimate of drug-likeness (QED) is 0.862. The summed E-state index contributed by atoms with van der Waals surface area (Å²) in [5.41, 5.74) is 3.85. The van der Waals surface area contributed by atoms with Crippen molar-refractivity contribution in [2.24, 2.45) is 0 Å². The van der Waals surface area contributed by atoms with Crippen LogP contribution in [0.3, 0.4) is 0 Å². The lowest BCUT2D eigenvalue weighted by Gasteiger charge is -2.23. The summed E-state index contributed by atoms with van der Waals surface area (Å²) in [6.45, 7) is 7.60. The Hall–Kier alpha value is -1.87. The van der Waals surface area contributed by atoms with Gasteiger partial charge < -0.3 is 4.90 Å². The number of pyridine rings is 1. The molecule has 0 unspecified atom stereocenters. The van der Waals surface area contributed by atoms with Gasteiger partial charge >= 0.3 is 0 Å². The lowest BCUT2D eigenvalue weighted by molar-refractivity contribution is 0.281. The fourth-order valence-electron chi connectivity index (χ4n) is 2.92. The minimum absolute atomic E-state index is 0.968. The first-order chi connectivity index (χ1) is 10.3. The van der Waals surface area contributed by atoms with Crippen LogP contribution in [0.25, 0.3) is 0 Å². The standard InChI is InChI=1S/C18H23N3/c1-16-7-5-10-19-18(16)15-20-11-6-12-21(14-13-20)17-8-3-2-4-9-17/h2-5,7-10H,6,11-15H2,1H3. The van der Waals surface area contributed by atoms with Crippen LogP contribution in [-0.4, -0.2) is 36.1 Å². The van der Waals surface area contributed by atoms with E-state index in [0.717, 1.165) is 32.7 Å². The Labute approximate surface area is 127 Å². The van der Waals surface area contributed by atoms with Crippen LogP contribution >= 0.6 is 0 Å². The number of rotatable bonds is 3. The fraction of sp³-hybridized carbons (Fsp3) is 0.389. The average Bonchev–Trinajstić information content (AvgIpc) is 2.76. The van der Waals surface area contributed by atoms with Crippen molar-refractivity contribution in [3.63, 3.8) is 0 Å². The molecule has 2 aromatic rings. The predicted molar refractivity (Wildman–Crippen MR) is 87.5 cm³/mol. The van der Waals surface area contributed by atoms with Gasteiger partial charge in [-0.15, -0.1) is 0 Å². The summed E-state index contributed by atoms with van der Waals surface area (Å²) in [7, 11) is 0. The summed E-state index contributed by atoms with van der Waals surface area (Å²) in [6.07, 6.45) is 3.11. The molecule has 3 heteroatoms. The molecule has 1 fully saturated rings. The number of para-hydroxylation sites is 1. The predicted octanol–water partition coefficient (Wildman–Crippen LogP) is 3.10. The van der Waals surface area contributed by atoms with Gasteiger partial charge in [-0.25, -0.2) is 0 Å². The van der Waals surface area contributed by atoms with Crippen molar-refractivity contribution in [2.45, 2.75) is 19.9 Å². The van der Waals surface area contributed by atoms with E-state index in [1.165, 1.54) is 23.4 Å². The van der Waals surface area contributed by atoms with E-state index in [4.69, 9.17) is 0 Å². The first kappa shape index (κ1) is 14.1. The number of hydrogen-bond donors (Lipinski definition) is 0. The Morgan fingerprint density at radius 1 is 0.952 bits per heavy atom. The average molecular weight is 281 g/mol. The van der Waals surface area contributed by atoms with Gasteiger partial charge in [-0.05, 0) is 37.1 Å². The van der Waals surface area contributed by atoms with Gasteiger partial charge in [-0.1, -0.05) is 24.3 Å². The van der Waals surface area contributed by atoms with Crippen LogP contribution in [0.1, 0.15) is 17.7 Å². The number of aromatic nitrogens is 1. The van der Waals surface area contributed by atoms with Crippen LogP contribution in [-0.2, 0) is 6.54 Å². The Morgan fingerprint density at radius 2 is 1.81 bits per heavy atom. The molecular weight excluding hydrogens is 258 g/mol. The van der Waals surface area contributed by atoms with Crippen LogP contribution in [0, 0.1) is 6.92 Å². The van der Waals surface area contributed by atoms with Crippen molar-refractivity contribution in [2.75, 3.05) is 31.1 Å². The highest BCUT2D eigenvalue weighted by Gasteiger charge is 2.16. The molecule has 0 amide bonds. The number of benzene rings is 1. The van der Waals surface area contributed by atoms with E-state index in [9.17, 15) is 0 Å². The molecule has 1 aromatic carbocycles. The molecular formula is C18H23N3. The zero-order valence-corrected chi connectivity index (χ0v) is 12.7. The number of hydrogen-bond acceptors (Lipinski definition) is 3. The summed E-state index contributed by atoms with van der Waals surface area (Å²) in [5.74, 6) is 0. The van der Waals surface area contributed by atoms with Crippen LogP contribution in [0.4, 0.5) is 5.69 Å². The van der Waals surface area contributed by atoms with Crippen molar-refractivity contribution in [3.8, 4) is 0 Å². The highest BCUT2D eigenvalue weighted by molar-refractivity contribution is 5.46. The van der Waals surface area contributed by atoms with Gasteiger partial charge in [-0.2, -0.15) is 0 Å². The molecule has 1 saturated heterocycles. The number of nitrogens with zero attached hydrogens (tertiary/aromatic N) is 3. The van der Waals surface area contributed by atoms with Gasteiger partial charge in [0.2, 0.25) is 0 Å². The lowest BCUT2D eigenvalue weighted by atomic mass is 10.2. The van der Waals surface area contributed by atoms with Gasteiger partial charge in [0, 0.05) is 44.6 Å². The van der Waals surface area contributed by atoms with E-state index in [1.54, 1.807) is 0 Å². The van der Waals surface area contributed by atoms with E-state index in [0.29, 0.717) is 0 Å². The third-order valence-corrected chi connectivity index (χ3v) is 4.20. The third-order valence-electron chi connectivity index (χ3n) is 4.20. The molecule has 0 saturated carbocycles. The maximum absolute atomic E-state index is 4.52. The largest absolute Gasteiger partial charge is 0.370 e. The Morgan fingerprint density at radius 3 is 2.62 bits per heavy atom. The van der Waals surface area contributed by atoms with Gasteiger partial charge in [0.15, 0.2) is 0 Å². The summed E-state index contributed by atoms with van der Waals surface area (Å²) >= 11 is 0.